The van der Waals surface area contributed by atoms with Gasteiger partial charge in [-0.3, -0.25) is 14.4 Å². The van der Waals surface area contributed by atoms with Gasteiger partial charge in [-0.25, -0.2) is 0 Å². The number of unbranched alkanes of at least 4 members (excludes halogenated alkanes) is 3. The zero-order valence-electron chi connectivity index (χ0n) is 16.4. The standard InChI is InChI=1S/C19H26N4O7/c1-2-3-4-5-6-7-11(24)8-10(9-21-22-20)18(28)23-13-12(19(29)30)15(25)17(27)16(26)14(13)23/h1,10,12-17,25-27H,3-9H2,(H,29,30)/t10?,12-,13?,14?,15+,16-,17-,23?/m0/s1. The van der Waals surface area contributed by atoms with E-state index in [1.54, 1.807) is 0 Å². The lowest BCUT2D eigenvalue weighted by molar-refractivity contribution is -0.156. The van der Waals surface area contributed by atoms with E-state index >= 15 is 0 Å². The summed E-state index contributed by atoms with van der Waals surface area (Å²) in [6, 6.07) is -1.99. The third-order valence-corrected chi connectivity index (χ3v) is 5.69. The van der Waals surface area contributed by atoms with Crippen LogP contribution in [0.25, 0.3) is 10.4 Å². The Morgan fingerprint density at radius 2 is 1.80 bits per heavy atom. The topological polar surface area (TPSA) is 184 Å². The quantitative estimate of drug-likeness (QED) is 0.0889. The van der Waals surface area contributed by atoms with E-state index in [2.05, 4.69) is 15.9 Å². The van der Waals surface area contributed by atoms with Crippen molar-refractivity contribution in [3.05, 3.63) is 10.4 Å². The molecule has 0 aromatic rings. The molecule has 2 aliphatic rings. The van der Waals surface area contributed by atoms with E-state index in [9.17, 15) is 34.8 Å². The lowest BCUT2D eigenvalue weighted by Crippen LogP contribution is -2.53. The Morgan fingerprint density at radius 3 is 2.40 bits per heavy atom. The van der Waals surface area contributed by atoms with Crippen LogP contribution in [-0.2, 0) is 14.4 Å². The third kappa shape index (κ3) is 5.09. The number of likely N-dealkylation sites (tertiary alicyclic amines) is 1. The van der Waals surface area contributed by atoms with Crippen molar-refractivity contribution in [3.8, 4) is 12.3 Å². The molecule has 1 saturated heterocycles. The van der Waals surface area contributed by atoms with Crippen LogP contribution in [0.1, 0.15) is 38.5 Å². The van der Waals surface area contributed by atoms with Crippen molar-refractivity contribution in [1.82, 2.24) is 4.90 Å². The number of amides is 1. The summed E-state index contributed by atoms with van der Waals surface area (Å²) in [6.45, 7) is -0.299. The number of hydrogen-bond donors (Lipinski definition) is 4. The molecule has 1 amide bonds. The largest absolute Gasteiger partial charge is 0.481 e. The molecule has 1 aliphatic heterocycles. The predicted octanol–water partition coefficient (Wildman–Crippen LogP) is -0.168. The minimum absolute atomic E-state index is 0.193. The lowest BCUT2D eigenvalue weighted by Gasteiger charge is -2.30. The van der Waals surface area contributed by atoms with Crippen molar-refractivity contribution in [2.45, 2.75) is 68.9 Å². The van der Waals surface area contributed by atoms with E-state index in [0.717, 1.165) is 17.7 Å². The first-order valence-corrected chi connectivity index (χ1v) is 9.81. The summed E-state index contributed by atoms with van der Waals surface area (Å²) in [7, 11) is 0. The van der Waals surface area contributed by atoms with Crippen LogP contribution < -0.4 is 0 Å². The summed E-state index contributed by atoms with van der Waals surface area (Å²) < 4.78 is 0. The lowest BCUT2D eigenvalue weighted by atomic mass is 9.83. The molecule has 1 saturated carbocycles. The number of rotatable bonds is 11. The summed E-state index contributed by atoms with van der Waals surface area (Å²) in [5.74, 6) is -2.23. The number of carboxylic acid groups (broad SMARTS) is 1. The molecule has 1 aliphatic carbocycles. The molecule has 30 heavy (non-hydrogen) atoms. The fourth-order valence-electron chi connectivity index (χ4n) is 4.10. The minimum Gasteiger partial charge on any atom is -0.481 e. The van der Waals surface area contributed by atoms with Crippen molar-refractivity contribution in [1.29, 1.82) is 0 Å². The number of Topliss-reactive ketones (excluding diaryl/α,β-unsaturated/α-hetero) is 1. The number of aliphatic hydroxyl groups excluding tert-OH is 3. The van der Waals surface area contributed by atoms with Gasteiger partial charge in [-0.1, -0.05) is 11.5 Å². The van der Waals surface area contributed by atoms with Crippen LogP contribution in [0.2, 0.25) is 0 Å². The number of aliphatic hydroxyl groups is 3. The van der Waals surface area contributed by atoms with Gasteiger partial charge in [-0.2, -0.15) is 0 Å². The number of carbonyl (C=O) groups excluding carboxylic acids is 2. The van der Waals surface area contributed by atoms with Crippen LogP contribution in [0.5, 0.6) is 0 Å². The predicted molar refractivity (Wildman–Crippen MR) is 103 cm³/mol. The van der Waals surface area contributed by atoms with Crippen molar-refractivity contribution in [3.63, 3.8) is 0 Å². The number of carboxylic acids is 1. The molecule has 7 atom stereocenters. The maximum atomic E-state index is 13.0. The zero-order chi connectivity index (χ0) is 22.4. The number of fused-ring (bicyclic) bond motifs is 1. The molecule has 11 heteroatoms. The van der Waals surface area contributed by atoms with E-state index in [-0.39, 0.29) is 25.2 Å². The monoisotopic (exact) mass is 422 g/mol. The maximum Gasteiger partial charge on any atom is 0.311 e. The molecule has 0 aromatic heterocycles. The van der Waals surface area contributed by atoms with Crippen LogP contribution in [0, 0.1) is 24.2 Å². The summed E-state index contributed by atoms with van der Waals surface area (Å²) >= 11 is 0. The van der Waals surface area contributed by atoms with Gasteiger partial charge >= 0.3 is 5.97 Å². The van der Waals surface area contributed by atoms with Gasteiger partial charge in [0.15, 0.2) is 0 Å². The number of carbonyl (C=O) groups is 3. The Labute approximate surface area is 173 Å². The molecule has 0 radical (unpaired) electrons. The van der Waals surface area contributed by atoms with Gasteiger partial charge in [-0.05, 0) is 18.4 Å². The number of ketones is 1. The van der Waals surface area contributed by atoms with Crippen LogP contribution in [-0.4, -0.2) is 79.9 Å². The van der Waals surface area contributed by atoms with Crippen molar-refractivity contribution >= 4 is 17.7 Å². The van der Waals surface area contributed by atoms with Gasteiger partial charge in [0, 0.05) is 30.7 Å². The summed E-state index contributed by atoms with van der Waals surface area (Å²) in [4.78, 5) is 40.4. The zero-order valence-corrected chi connectivity index (χ0v) is 16.4. The van der Waals surface area contributed by atoms with Crippen LogP contribution in [0.4, 0.5) is 0 Å². The Hall–Kier alpha value is -2.64. The molecule has 2 rings (SSSR count). The van der Waals surface area contributed by atoms with Crippen LogP contribution >= 0.6 is 0 Å². The van der Waals surface area contributed by atoms with Gasteiger partial charge in [-0.15, -0.1) is 12.3 Å². The maximum absolute atomic E-state index is 13.0. The van der Waals surface area contributed by atoms with Gasteiger partial charge in [0.25, 0.3) is 0 Å². The number of nitrogens with zero attached hydrogens (tertiary/aromatic N) is 4. The summed E-state index contributed by atoms with van der Waals surface area (Å²) in [5.41, 5.74) is 8.59. The first kappa shape index (κ1) is 23.6. The fraction of sp³-hybridized carbons (Fsp3) is 0.737. The van der Waals surface area contributed by atoms with E-state index in [4.69, 9.17) is 12.0 Å². The fourth-order valence-corrected chi connectivity index (χ4v) is 4.10. The van der Waals surface area contributed by atoms with Crippen LogP contribution in [0.15, 0.2) is 5.11 Å². The highest BCUT2D eigenvalue weighted by molar-refractivity contribution is 5.90. The summed E-state index contributed by atoms with van der Waals surface area (Å²) in [6.07, 6.45) is 3.02. The highest BCUT2D eigenvalue weighted by atomic mass is 16.4. The first-order chi connectivity index (χ1) is 14.3. The van der Waals surface area contributed by atoms with Crippen molar-refractivity contribution in [2.24, 2.45) is 17.0 Å². The molecule has 1 heterocycles. The van der Waals surface area contributed by atoms with Gasteiger partial charge in [0.2, 0.25) is 5.91 Å². The van der Waals surface area contributed by atoms with E-state index < -0.39 is 54.1 Å². The highest BCUT2D eigenvalue weighted by Gasteiger charge is 2.68. The number of hydrogen-bond acceptors (Lipinski definition) is 7. The second kappa shape index (κ2) is 10.4. The second-order valence-corrected chi connectivity index (χ2v) is 7.68. The Bertz CT molecular complexity index is 760. The second-order valence-electron chi connectivity index (χ2n) is 7.68. The Morgan fingerprint density at radius 1 is 1.10 bits per heavy atom. The first-order valence-electron chi connectivity index (χ1n) is 9.81. The molecule has 4 N–H and O–H groups in total. The average Bonchev–Trinajstić information content (AvgIpc) is 3.43. The molecule has 11 nitrogen and oxygen atoms in total. The van der Waals surface area contributed by atoms with E-state index in [1.165, 1.54) is 0 Å². The Balaban J connectivity index is 2.06. The number of azide groups is 1. The number of aliphatic carboxylic acids is 1. The molecule has 0 bridgehead atoms. The summed E-state index contributed by atoms with van der Waals surface area (Å²) in [5, 5.41) is 42.8. The van der Waals surface area contributed by atoms with Crippen LogP contribution in [0.3, 0.4) is 0 Å². The highest BCUT2D eigenvalue weighted by Crippen LogP contribution is 2.45. The minimum atomic E-state index is -1.74. The Kier molecular flexibility index (Phi) is 8.20. The van der Waals surface area contributed by atoms with Crippen molar-refractivity contribution in [2.75, 3.05) is 6.54 Å². The molecule has 2 fully saturated rings. The molecule has 164 valence electrons. The van der Waals surface area contributed by atoms with Crippen molar-refractivity contribution < 1.29 is 34.8 Å². The normalized spacial score (nSPS) is 30.4. The van der Waals surface area contributed by atoms with E-state index in [0.29, 0.717) is 12.8 Å². The van der Waals surface area contributed by atoms with E-state index in [1.807, 2.05) is 0 Å². The van der Waals surface area contributed by atoms with Gasteiger partial charge in [0.05, 0.1) is 24.1 Å². The molecule has 3 unspecified atom stereocenters. The third-order valence-electron chi connectivity index (χ3n) is 5.69. The molecular formula is C19H26N4O7. The van der Waals surface area contributed by atoms with Gasteiger partial charge < -0.3 is 25.3 Å². The average molecular weight is 422 g/mol. The molecule has 0 spiro atoms. The number of terminal acetylenes is 1. The molecule has 0 aromatic carbocycles. The SMILES string of the molecule is C#CCCCCCC(=O)CC(CN=[N+]=[N-])C(=O)N1C2C1[C@H](C(=O)O)[C@@H](O)[C@H](O)[C@H]2O. The molecular weight excluding hydrogens is 396 g/mol. The smallest absolute Gasteiger partial charge is 0.311 e. The van der Waals surface area contributed by atoms with Gasteiger partial charge in [0.1, 0.15) is 23.9 Å².